The second-order valence-corrected chi connectivity index (χ2v) is 11.5. The molecule has 0 spiro atoms. The van der Waals surface area contributed by atoms with Crippen molar-refractivity contribution in [2.45, 2.75) is 26.2 Å². The van der Waals surface area contributed by atoms with Crippen molar-refractivity contribution in [3.8, 4) is 5.75 Å². The zero-order valence-corrected chi connectivity index (χ0v) is 24.6. The number of Topliss-reactive ketones (excluding diaryl/α,β-unsaturated/α-hetero) is 1. The van der Waals surface area contributed by atoms with Crippen LogP contribution in [0, 0.1) is 27.9 Å². The molecule has 1 heterocycles. The molecule has 1 aliphatic carbocycles. The largest absolute Gasteiger partial charge is 0.423 e. The fourth-order valence-electron chi connectivity index (χ4n) is 5.41. The van der Waals surface area contributed by atoms with Gasteiger partial charge in [0, 0.05) is 27.7 Å². The summed E-state index contributed by atoms with van der Waals surface area (Å²) in [5, 5.41) is 12.7. The van der Waals surface area contributed by atoms with Gasteiger partial charge in [-0.15, -0.1) is 0 Å². The number of ketones is 1. The van der Waals surface area contributed by atoms with E-state index in [4.69, 9.17) is 4.74 Å². The Morgan fingerprint density at radius 3 is 2.09 bits per heavy atom. The van der Waals surface area contributed by atoms with E-state index in [1.807, 2.05) is 6.92 Å². The van der Waals surface area contributed by atoms with Crippen molar-refractivity contribution in [1.29, 1.82) is 0 Å². The number of nitro groups is 1. The number of esters is 1. The fraction of sp³-hybridized carbons (Fsp3) is 0.258. The highest BCUT2D eigenvalue weighted by molar-refractivity contribution is 9.10. The number of imide groups is 1. The molecule has 0 N–H and O–H groups in total. The first-order valence-electron chi connectivity index (χ1n) is 13.6. The van der Waals surface area contributed by atoms with E-state index in [9.17, 15) is 34.1 Å². The van der Waals surface area contributed by atoms with E-state index in [1.165, 1.54) is 36.4 Å². The van der Waals surface area contributed by atoms with Gasteiger partial charge >= 0.3 is 5.97 Å². The number of halogens is 1. The van der Waals surface area contributed by atoms with Crippen LogP contribution in [0.5, 0.6) is 5.75 Å². The average Bonchev–Trinajstić information content (AvgIpc) is 3.24. The molecule has 43 heavy (non-hydrogen) atoms. The number of benzene rings is 3. The Morgan fingerprint density at radius 2 is 1.47 bits per heavy atom. The predicted octanol–water partition coefficient (Wildman–Crippen LogP) is 5.24. The molecule has 3 aromatic rings. The van der Waals surface area contributed by atoms with Gasteiger partial charge in [-0.05, 0) is 85.8 Å². The zero-order valence-electron chi connectivity index (χ0n) is 23.0. The first kappa shape index (κ1) is 29.8. The maximum atomic E-state index is 13.7. The third kappa shape index (κ3) is 6.24. The molecule has 3 amide bonds. The second kappa shape index (κ2) is 12.3. The number of nitro benzene ring substituents is 1. The molecule has 1 aliphatic heterocycles. The molecule has 0 bridgehead atoms. The lowest BCUT2D eigenvalue weighted by molar-refractivity contribution is -0.384. The molecular weight excluding hydrogens is 622 g/mol. The number of hydrogen-bond donors (Lipinski definition) is 0. The Kier molecular flexibility index (Phi) is 8.49. The first-order chi connectivity index (χ1) is 20.5. The number of nitrogens with zero attached hydrogens (tertiary/aromatic N) is 3. The molecule has 0 aromatic heterocycles. The molecule has 1 saturated heterocycles. The average molecular weight is 648 g/mol. The summed E-state index contributed by atoms with van der Waals surface area (Å²) in [4.78, 5) is 76.9. The molecule has 12 heteroatoms. The summed E-state index contributed by atoms with van der Waals surface area (Å²) in [5.74, 6) is -3.82. The number of ether oxygens (including phenoxy) is 1. The fourth-order valence-corrected chi connectivity index (χ4v) is 5.67. The topological polar surface area (TPSA) is 144 Å². The SMILES string of the molecule is C[C@@H]1CC[C@H]2C(=O)N(N(CC(=O)c3ccc(OC(=O)c4ccc(Br)cc4)cc3)C(=O)c3ccc([N+](=O)[O-])cc3)C(=O)[C@@H]2C1. The minimum atomic E-state index is -0.823. The summed E-state index contributed by atoms with van der Waals surface area (Å²) in [7, 11) is 0. The van der Waals surface area contributed by atoms with Crippen LogP contribution in [0.3, 0.4) is 0 Å². The van der Waals surface area contributed by atoms with Gasteiger partial charge in [0.25, 0.3) is 23.4 Å². The third-order valence-corrected chi connectivity index (χ3v) is 8.25. The number of non-ortho nitro benzene ring substituents is 1. The van der Waals surface area contributed by atoms with Crippen LogP contribution in [0.2, 0.25) is 0 Å². The van der Waals surface area contributed by atoms with Gasteiger partial charge in [0.2, 0.25) is 0 Å². The predicted molar refractivity (Wildman–Crippen MR) is 156 cm³/mol. The molecule has 0 unspecified atom stereocenters. The Labute approximate surface area is 254 Å². The van der Waals surface area contributed by atoms with Gasteiger partial charge in [-0.25, -0.2) is 9.80 Å². The van der Waals surface area contributed by atoms with E-state index in [1.54, 1.807) is 24.3 Å². The van der Waals surface area contributed by atoms with Crippen molar-refractivity contribution in [3.63, 3.8) is 0 Å². The van der Waals surface area contributed by atoms with Crippen LogP contribution in [-0.4, -0.2) is 51.0 Å². The van der Waals surface area contributed by atoms with Crippen LogP contribution in [0.25, 0.3) is 0 Å². The number of rotatable bonds is 8. The molecule has 1 saturated carbocycles. The van der Waals surface area contributed by atoms with Crippen LogP contribution < -0.4 is 4.74 Å². The van der Waals surface area contributed by atoms with Gasteiger partial charge < -0.3 is 4.74 Å². The van der Waals surface area contributed by atoms with Crippen molar-refractivity contribution < 1.29 is 33.6 Å². The summed E-state index contributed by atoms with van der Waals surface area (Å²) in [5.41, 5.74) is 0.208. The molecular formula is C31H26BrN3O8. The van der Waals surface area contributed by atoms with Gasteiger partial charge in [0.1, 0.15) is 12.3 Å². The third-order valence-electron chi connectivity index (χ3n) is 7.73. The lowest BCUT2D eigenvalue weighted by Gasteiger charge is -2.30. The van der Waals surface area contributed by atoms with Gasteiger partial charge in [0.05, 0.1) is 22.3 Å². The van der Waals surface area contributed by atoms with Crippen LogP contribution in [0.15, 0.2) is 77.3 Å². The van der Waals surface area contributed by atoms with E-state index in [-0.39, 0.29) is 28.5 Å². The Morgan fingerprint density at radius 1 is 0.884 bits per heavy atom. The molecule has 0 radical (unpaired) electrons. The normalized spacial score (nSPS) is 19.5. The number of hydrazine groups is 1. The van der Waals surface area contributed by atoms with Crippen LogP contribution in [-0.2, 0) is 9.59 Å². The number of hydrogen-bond acceptors (Lipinski definition) is 8. The molecule has 220 valence electrons. The van der Waals surface area contributed by atoms with Gasteiger partial charge in [0.15, 0.2) is 5.78 Å². The van der Waals surface area contributed by atoms with Crippen LogP contribution in [0.4, 0.5) is 5.69 Å². The summed E-state index contributed by atoms with van der Waals surface area (Å²) in [6.07, 6.45) is 1.77. The van der Waals surface area contributed by atoms with Crippen molar-refractivity contribution in [2.24, 2.45) is 17.8 Å². The standard InChI is InChI=1S/C31H26BrN3O8/c1-18-2-15-25-26(16-18)30(39)34(29(25)38)33(28(37)20-5-11-23(12-6-20)35(41)42)17-27(36)19-7-13-24(14-8-19)43-31(40)21-3-9-22(32)10-4-21/h3-14,18,25-26H,2,15-17H2,1H3/t18-,25-,26-/m1/s1. The van der Waals surface area contributed by atoms with E-state index in [0.717, 1.165) is 33.0 Å². The molecule has 11 nitrogen and oxygen atoms in total. The minimum absolute atomic E-state index is 0.0301. The Bertz CT molecular complexity index is 1610. The zero-order chi connectivity index (χ0) is 30.8. The lowest BCUT2D eigenvalue weighted by Crippen LogP contribution is -2.52. The van der Waals surface area contributed by atoms with E-state index < -0.39 is 52.8 Å². The van der Waals surface area contributed by atoms with Gasteiger partial charge in [-0.2, -0.15) is 5.01 Å². The molecule has 2 aliphatic rings. The second-order valence-electron chi connectivity index (χ2n) is 10.6. The van der Waals surface area contributed by atoms with E-state index >= 15 is 0 Å². The van der Waals surface area contributed by atoms with Gasteiger partial charge in [-0.1, -0.05) is 22.9 Å². The Hall–Kier alpha value is -4.71. The molecule has 3 atom stereocenters. The van der Waals surface area contributed by atoms with Gasteiger partial charge in [-0.3, -0.25) is 29.3 Å². The molecule has 5 rings (SSSR count). The highest BCUT2D eigenvalue weighted by Crippen LogP contribution is 2.41. The molecule has 2 fully saturated rings. The highest BCUT2D eigenvalue weighted by atomic mass is 79.9. The summed E-state index contributed by atoms with van der Waals surface area (Å²) < 4.78 is 6.18. The maximum absolute atomic E-state index is 13.7. The quantitative estimate of drug-likeness (QED) is 0.0806. The van der Waals surface area contributed by atoms with Crippen molar-refractivity contribution in [3.05, 3.63) is 104 Å². The van der Waals surface area contributed by atoms with Crippen molar-refractivity contribution >= 4 is 51.1 Å². The number of fused-ring (bicyclic) bond motifs is 1. The number of amides is 3. The summed E-state index contributed by atoms with van der Waals surface area (Å²) in [6.45, 7) is 1.36. The van der Waals surface area contributed by atoms with E-state index in [0.29, 0.717) is 18.4 Å². The van der Waals surface area contributed by atoms with Crippen LogP contribution >= 0.6 is 15.9 Å². The monoisotopic (exact) mass is 647 g/mol. The minimum Gasteiger partial charge on any atom is -0.423 e. The van der Waals surface area contributed by atoms with Crippen LogP contribution in [0.1, 0.15) is 57.3 Å². The maximum Gasteiger partial charge on any atom is 0.343 e. The Balaban J connectivity index is 1.38. The first-order valence-corrected chi connectivity index (χ1v) is 14.4. The molecule has 3 aromatic carbocycles. The smallest absolute Gasteiger partial charge is 0.343 e. The summed E-state index contributed by atoms with van der Waals surface area (Å²) in [6, 6.07) is 17.0. The number of carbonyl (C=O) groups is 5. The van der Waals surface area contributed by atoms with Crippen molar-refractivity contribution in [1.82, 2.24) is 10.0 Å². The summed E-state index contributed by atoms with van der Waals surface area (Å²) >= 11 is 3.30. The van der Waals surface area contributed by atoms with Crippen molar-refractivity contribution in [2.75, 3.05) is 6.54 Å². The highest BCUT2D eigenvalue weighted by Gasteiger charge is 2.52. The van der Waals surface area contributed by atoms with E-state index in [2.05, 4.69) is 15.9 Å². The lowest BCUT2D eigenvalue weighted by atomic mass is 9.76. The number of carbonyl (C=O) groups excluding carboxylic acids is 5.